The largest absolute Gasteiger partial charge is 0.486 e. The van der Waals surface area contributed by atoms with Gasteiger partial charge in [0.25, 0.3) is 5.91 Å². The standard InChI is InChI=1S/C26H25N3O4S/c1-26(2,17-8-9-21-22(14-17)32-13-12-31-21)16-29-24(30)23-19(15-34-25-27-10-5-11-28-25)18-6-3-4-7-20(18)33-23/h3-11,14H,12-13,15-16H2,1-2H3,(H,29,30). The quantitative estimate of drug-likeness (QED) is 0.297. The highest BCUT2D eigenvalue weighted by Gasteiger charge is 2.27. The third-order valence-corrected chi connectivity index (χ3v) is 6.71. The predicted octanol–water partition coefficient (Wildman–Crippen LogP) is 4.99. The molecule has 1 amide bonds. The van der Waals surface area contributed by atoms with Crippen LogP contribution in [-0.2, 0) is 11.2 Å². The van der Waals surface area contributed by atoms with E-state index >= 15 is 0 Å². The Morgan fingerprint density at radius 2 is 1.79 bits per heavy atom. The van der Waals surface area contributed by atoms with E-state index in [-0.39, 0.29) is 11.3 Å². The van der Waals surface area contributed by atoms with Crippen molar-refractivity contribution < 1.29 is 18.7 Å². The second-order valence-corrected chi connectivity index (χ2v) is 9.59. The molecule has 0 unspecified atom stereocenters. The van der Waals surface area contributed by atoms with E-state index in [0.717, 1.165) is 28.0 Å². The van der Waals surface area contributed by atoms with Gasteiger partial charge in [-0.1, -0.05) is 49.9 Å². The van der Waals surface area contributed by atoms with Crippen molar-refractivity contribution in [3.63, 3.8) is 0 Å². The highest BCUT2D eigenvalue weighted by atomic mass is 32.2. The second-order valence-electron chi connectivity index (χ2n) is 8.65. The first-order valence-electron chi connectivity index (χ1n) is 11.1. The summed E-state index contributed by atoms with van der Waals surface area (Å²) >= 11 is 1.47. The molecule has 0 bridgehead atoms. The lowest BCUT2D eigenvalue weighted by atomic mass is 9.84. The topological polar surface area (TPSA) is 86.5 Å². The van der Waals surface area contributed by atoms with E-state index < -0.39 is 0 Å². The van der Waals surface area contributed by atoms with Crippen molar-refractivity contribution in [2.24, 2.45) is 0 Å². The third-order valence-electron chi connectivity index (χ3n) is 5.81. The van der Waals surface area contributed by atoms with Crippen LogP contribution in [-0.4, -0.2) is 35.6 Å². The minimum absolute atomic E-state index is 0.244. The molecule has 3 heterocycles. The van der Waals surface area contributed by atoms with Crippen LogP contribution in [0.15, 0.2) is 70.5 Å². The Morgan fingerprint density at radius 1 is 1.03 bits per heavy atom. The highest BCUT2D eigenvalue weighted by Crippen LogP contribution is 2.35. The fraction of sp³-hybridized carbons (Fsp3) is 0.269. The van der Waals surface area contributed by atoms with Gasteiger partial charge in [-0.15, -0.1) is 0 Å². The molecular formula is C26H25N3O4S. The lowest BCUT2D eigenvalue weighted by molar-refractivity contribution is 0.0919. The van der Waals surface area contributed by atoms with Gasteiger partial charge in [0.2, 0.25) is 0 Å². The lowest BCUT2D eigenvalue weighted by Gasteiger charge is -2.27. The average Bonchev–Trinajstić information content (AvgIpc) is 3.25. The molecule has 0 radical (unpaired) electrons. The Balaban J connectivity index is 1.35. The van der Waals surface area contributed by atoms with E-state index in [1.165, 1.54) is 11.8 Å². The fourth-order valence-corrected chi connectivity index (χ4v) is 4.70. The number of thioether (sulfide) groups is 1. The van der Waals surface area contributed by atoms with Crippen LogP contribution < -0.4 is 14.8 Å². The summed E-state index contributed by atoms with van der Waals surface area (Å²) in [6.45, 7) is 5.69. The number of benzene rings is 2. The van der Waals surface area contributed by atoms with Gasteiger partial charge in [-0.05, 0) is 29.8 Å². The van der Waals surface area contributed by atoms with Gasteiger partial charge in [-0.25, -0.2) is 9.97 Å². The van der Waals surface area contributed by atoms with E-state index in [9.17, 15) is 4.79 Å². The van der Waals surface area contributed by atoms with Crippen molar-refractivity contribution in [1.82, 2.24) is 15.3 Å². The highest BCUT2D eigenvalue weighted by molar-refractivity contribution is 7.98. The molecule has 2 aromatic carbocycles. The Morgan fingerprint density at radius 3 is 2.62 bits per heavy atom. The molecule has 174 valence electrons. The van der Waals surface area contributed by atoms with E-state index in [2.05, 4.69) is 29.1 Å². The minimum Gasteiger partial charge on any atom is -0.486 e. The van der Waals surface area contributed by atoms with Gasteiger partial charge in [0, 0.05) is 41.1 Å². The zero-order valence-electron chi connectivity index (χ0n) is 19.0. The number of para-hydroxylation sites is 1. The number of carbonyl (C=O) groups excluding carboxylic acids is 1. The summed E-state index contributed by atoms with van der Waals surface area (Å²) in [5.41, 5.74) is 2.24. The Hall–Kier alpha value is -3.52. The number of ether oxygens (including phenoxy) is 2. The normalized spacial score (nSPS) is 13.1. The molecule has 7 nitrogen and oxygen atoms in total. The number of furan rings is 1. The number of amides is 1. The van der Waals surface area contributed by atoms with Crippen molar-refractivity contribution in [3.8, 4) is 11.5 Å². The summed E-state index contributed by atoms with van der Waals surface area (Å²) in [4.78, 5) is 21.8. The maximum absolute atomic E-state index is 13.3. The second kappa shape index (κ2) is 9.38. The molecule has 34 heavy (non-hydrogen) atoms. The van der Waals surface area contributed by atoms with E-state index in [1.54, 1.807) is 18.5 Å². The smallest absolute Gasteiger partial charge is 0.287 e. The number of nitrogens with zero attached hydrogens (tertiary/aromatic N) is 2. The summed E-state index contributed by atoms with van der Waals surface area (Å²) in [5, 5.41) is 4.64. The van der Waals surface area contributed by atoms with Crippen molar-refractivity contribution in [2.75, 3.05) is 19.8 Å². The van der Waals surface area contributed by atoms with Crippen LogP contribution in [0.2, 0.25) is 0 Å². The summed E-state index contributed by atoms with van der Waals surface area (Å²) in [7, 11) is 0. The van der Waals surface area contributed by atoms with Crippen LogP contribution in [0.4, 0.5) is 0 Å². The summed E-state index contributed by atoms with van der Waals surface area (Å²) < 4.78 is 17.3. The van der Waals surface area contributed by atoms with E-state index in [1.807, 2.05) is 42.5 Å². The molecule has 0 fully saturated rings. The average molecular weight is 476 g/mol. The van der Waals surface area contributed by atoms with Crippen LogP contribution in [0.1, 0.15) is 35.5 Å². The molecule has 0 spiro atoms. The molecule has 0 saturated heterocycles. The molecule has 0 atom stereocenters. The van der Waals surface area contributed by atoms with Gasteiger partial charge in [0.15, 0.2) is 22.4 Å². The first-order chi connectivity index (χ1) is 16.5. The molecule has 1 aliphatic rings. The van der Waals surface area contributed by atoms with Gasteiger partial charge in [0.1, 0.15) is 18.8 Å². The number of fused-ring (bicyclic) bond motifs is 2. The first kappa shape index (κ1) is 22.3. The summed E-state index contributed by atoms with van der Waals surface area (Å²) in [5.74, 6) is 2.09. The van der Waals surface area contributed by atoms with Crippen LogP contribution in [0.3, 0.4) is 0 Å². The number of rotatable bonds is 7. The predicted molar refractivity (Wildman–Crippen MR) is 131 cm³/mol. The molecular weight excluding hydrogens is 450 g/mol. The van der Waals surface area contributed by atoms with Gasteiger partial charge in [-0.2, -0.15) is 0 Å². The lowest BCUT2D eigenvalue weighted by Crippen LogP contribution is -2.37. The van der Waals surface area contributed by atoms with Crippen LogP contribution in [0, 0.1) is 0 Å². The van der Waals surface area contributed by atoms with E-state index in [4.69, 9.17) is 13.9 Å². The maximum Gasteiger partial charge on any atom is 0.287 e. The SMILES string of the molecule is CC(C)(CNC(=O)c1oc2ccccc2c1CSc1ncccn1)c1ccc2c(c1)OCCO2. The molecule has 0 saturated carbocycles. The number of hydrogen-bond acceptors (Lipinski definition) is 7. The zero-order chi connectivity index (χ0) is 23.5. The minimum atomic E-state index is -0.329. The number of hydrogen-bond donors (Lipinski definition) is 1. The third kappa shape index (κ3) is 4.59. The number of aromatic nitrogens is 2. The Labute approximate surface area is 201 Å². The Bertz CT molecular complexity index is 1320. The molecule has 2 aromatic heterocycles. The van der Waals surface area contributed by atoms with Gasteiger partial charge >= 0.3 is 0 Å². The summed E-state index contributed by atoms with van der Waals surface area (Å²) in [6, 6.07) is 15.4. The monoisotopic (exact) mass is 475 g/mol. The van der Waals surface area contributed by atoms with Crippen LogP contribution >= 0.6 is 11.8 Å². The van der Waals surface area contributed by atoms with Crippen LogP contribution in [0.5, 0.6) is 11.5 Å². The van der Waals surface area contributed by atoms with Gasteiger partial charge in [0.05, 0.1) is 0 Å². The molecule has 4 aromatic rings. The zero-order valence-corrected chi connectivity index (χ0v) is 19.9. The molecule has 1 aliphatic heterocycles. The molecule has 8 heteroatoms. The van der Waals surface area contributed by atoms with Gasteiger partial charge < -0.3 is 19.2 Å². The molecule has 1 N–H and O–H groups in total. The number of carbonyl (C=O) groups is 1. The Kier molecular flexibility index (Phi) is 6.15. The fourth-order valence-electron chi connectivity index (χ4n) is 3.87. The van der Waals surface area contributed by atoms with E-state index in [0.29, 0.717) is 42.0 Å². The van der Waals surface area contributed by atoms with Crippen LogP contribution in [0.25, 0.3) is 11.0 Å². The number of nitrogens with one attached hydrogen (secondary N) is 1. The molecule has 5 rings (SSSR count). The van der Waals surface area contributed by atoms with Crippen molar-refractivity contribution >= 4 is 28.6 Å². The van der Waals surface area contributed by atoms with Crippen molar-refractivity contribution in [2.45, 2.75) is 30.2 Å². The molecule has 0 aliphatic carbocycles. The van der Waals surface area contributed by atoms with Crippen molar-refractivity contribution in [3.05, 3.63) is 77.8 Å². The maximum atomic E-state index is 13.3. The van der Waals surface area contributed by atoms with Crippen molar-refractivity contribution in [1.29, 1.82) is 0 Å². The summed E-state index contributed by atoms with van der Waals surface area (Å²) in [6.07, 6.45) is 3.41. The van der Waals surface area contributed by atoms with Gasteiger partial charge in [-0.3, -0.25) is 4.79 Å². The first-order valence-corrected chi connectivity index (χ1v) is 12.1.